The molecule has 2 heterocycles. The van der Waals surface area contributed by atoms with E-state index in [9.17, 15) is 0 Å². The van der Waals surface area contributed by atoms with Crippen molar-refractivity contribution in [1.82, 2.24) is 14.9 Å². The van der Waals surface area contributed by atoms with Crippen LogP contribution in [0.15, 0.2) is 16.8 Å². The molecule has 0 saturated heterocycles. The lowest BCUT2D eigenvalue weighted by molar-refractivity contribution is 0.732. The molecule has 0 aliphatic rings. The van der Waals surface area contributed by atoms with Crippen LogP contribution in [0, 0.1) is 4.77 Å². The number of nitrogens with one attached hydrogen (secondary N) is 2. The van der Waals surface area contributed by atoms with E-state index in [2.05, 4.69) is 39.4 Å². The molecule has 0 unspecified atom stereocenters. The van der Waals surface area contributed by atoms with Gasteiger partial charge in [-0.1, -0.05) is 6.92 Å². The van der Waals surface area contributed by atoms with E-state index >= 15 is 0 Å². The van der Waals surface area contributed by atoms with Crippen molar-refractivity contribution < 1.29 is 0 Å². The number of thiophene rings is 1. The average molecular weight is 254 g/mol. The number of aromatic amines is 1. The van der Waals surface area contributed by atoms with E-state index in [1.807, 2.05) is 4.68 Å². The largest absolute Gasteiger partial charge is 0.318 e. The summed E-state index contributed by atoms with van der Waals surface area (Å²) in [6, 6.07) is 2.10. The van der Waals surface area contributed by atoms with E-state index in [1.54, 1.807) is 11.3 Å². The Bertz CT molecular complexity index is 483. The van der Waals surface area contributed by atoms with Gasteiger partial charge in [0.2, 0.25) is 4.77 Å². The summed E-state index contributed by atoms with van der Waals surface area (Å²) in [5.41, 5.74) is 4.53. The summed E-state index contributed by atoms with van der Waals surface area (Å²) in [6.45, 7) is 2.90. The number of hydrogen-bond donors (Lipinski definition) is 2. The fourth-order valence-electron chi connectivity index (χ4n) is 1.45. The smallest absolute Gasteiger partial charge is 0.214 e. The Morgan fingerprint density at radius 1 is 1.62 bits per heavy atom. The first kappa shape index (κ1) is 11.3. The highest BCUT2D eigenvalue weighted by Gasteiger charge is 2.04. The summed E-state index contributed by atoms with van der Waals surface area (Å²) >= 11 is 6.86. The maximum absolute atomic E-state index is 5.17. The minimum atomic E-state index is 0.624. The monoisotopic (exact) mass is 254 g/mol. The van der Waals surface area contributed by atoms with Crippen LogP contribution in [0.25, 0.3) is 0 Å². The average Bonchev–Trinajstić information content (AvgIpc) is 2.88. The Labute approximate surface area is 103 Å². The van der Waals surface area contributed by atoms with Gasteiger partial charge >= 0.3 is 0 Å². The van der Waals surface area contributed by atoms with E-state index in [-0.39, 0.29) is 0 Å². The van der Waals surface area contributed by atoms with Gasteiger partial charge in [0, 0.05) is 6.42 Å². The van der Waals surface area contributed by atoms with Gasteiger partial charge in [0.25, 0.3) is 0 Å². The van der Waals surface area contributed by atoms with Crippen LogP contribution in [0.2, 0.25) is 0 Å². The van der Waals surface area contributed by atoms with Crippen LogP contribution in [-0.4, -0.2) is 14.9 Å². The van der Waals surface area contributed by atoms with Crippen LogP contribution in [0.4, 0.5) is 0 Å². The summed E-state index contributed by atoms with van der Waals surface area (Å²) in [5.74, 6) is 0.961. The second kappa shape index (κ2) is 5.27. The van der Waals surface area contributed by atoms with Crippen molar-refractivity contribution in [3.8, 4) is 0 Å². The Morgan fingerprint density at radius 2 is 2.50 bits per heavy atom. The van der Waals surface area contributed by atoms with E-state index in [1.165, 1.54) is 5.56 Å². The molecular formula is C10H14N4S2. The molecule has 0 atom stereocenters. The third kappa shape index (κ3) is 2.51. The van der Waals surface area contributed by atoms with Gasteiger partial charge in [-0.25, -0.2) is 4.68 Å². The highest BCUT2D eigenvalue weighted by Crippen LogP contribution is 2.06. The molecule has 0 aromatic carbocycles. The third-order valence-corrected chi connectivity index (χ3v) is 3.24. The van der Waals surface area contributed by atoms with E-state index in [0.717, 1.165) is 25.2 Å². The molecule has 0 radical (unpaired) electrons. The zero-order chi connectivity index (χ0) is 11.4. The lowest BCUT2D eigenvalue weighted by Gasteiger charge is -2.08. The number of H-pyrrole nitrogens is 1. The van der Waals surface area contributed by atoms with Crippen LogP contribution in [-0.2, 0) is 13.0 Å². The fourth-order valence-corrected chi connectivity index (χ4v) is 2.33. The van der Waals surface area contributed by atoms with Gasteiger partial charge in [0.1, 0.15) is 0 Å². The summed E-state index contributed by atoms with van der Waals surface area (Å²) in [7, 11) is 0. The minimum Gasteiger partial charge on any atom is -0.318 e. The van der Waals surface area contributed by atoms with Gasteiger partial charge in [-0.15, -0.1) is 0 Å². The Kier molecular flexibility index (Phi) is 3.74. The van der Waals surface area contributed by atoms with Crippen molar-refractivity contribution in [2.24, 2.45) is 0 Å². The predicted octanol–water partition coefficient (Wildman–Crippen LogP) is 2.70. The molecule has 0 bridgehead atoms. The molecule has 2 aromatic rings. The quantitative estimate of drug-likeness (QED) is 0.806. The molecule has 0 aliphatic heterocycles. The van der Waals surface area contributed by atoms with Gasteiger partial charge in [-0.05, 0) is 41.0 Å². The molecule has 6 heteroatoms. The van der Waals surface area contributed by atoms with Gasteiger partial charge in [0.15, 0.2) is 5.82 Å². The molecule has 2 rings (SSSR count). The zero-order valence-corrected chi connectivity index (χ0v) is 10.7. The Morgan fingerprint density at radius 3 is 3.19 bits per heavy atom. The fraction of sp³-hybridized carbons (Fsp3) is 0.400. The maximum atomic E-state index is 5.17. The summed E-state index contributed by atoms with van der Waals surface area (Å²) in [4.78, 5) is 0. The molecule has 2 aromatic heterocycles. The molecule has 4 nitrogen and oxygen atoms in total. The first-order chi connectivity index (χ1) is 7.81. The van der Waals surface area contributed by atoms with Crippen molar-refractivity contribution >= 4 is 23.6 Å². The number of rotatable bonds is 5. The molecule has 0 fully saturated rings. The lowest BCUT2D eigenvalue weighted by Crippen LogP contribution is -2.17. The van der Waals surface area contributed by atoms with Gasteiger partial charge < -0.3 is 5.43 Å². The molecule has 16 heavy (non-hydrogen) atoms. The number of aromatic nitrogens is 3. The van der Waals surface area contributed by atoms with Crippen LogP contribution in [0.5, 0.6) is 0 Å². The van der Waals surface area contributed by atoms with Gasteiger partial charge in [-0.3, -0.25) is 5.10 Å². The second-order valence-electron chi connectivity index (χ2n) is 3.50. The number of aryl methyl sites for hydroxylation is 1. The first-order valence-electron chi connectivity index (χ1n) is 5.22. The standard InChI is InChI=1S/C10H14N4S2/c1-2-3-9-12-13-10(15)14(9)11-6-8-4-5-16-7-8/h4-5,7,11H,2-3,6H2,1H3,(H,13,15). The molecule has 0 saturated carbocycles. The lowest BCUT2D eigenvalue weighted by atomic mass is 10.3. The SMILES string of the molecule is CCCc1n[nH]c(=S)n1NCc1ccsc1. The molecule has 0 amide bonds. The number of hydrogen-bond acceptors (Lipinski definition) is 4. The van der Waals surface area contributed by atoms with Gasteiger partial charge in [-0.2, -0.15) is 16.4 Å². The van der Waals surface area contributed by atoms with Crippen molar-refractivity contribution in [3.05, 3.63) is 33.0 Å². The van der Waals surface area contributed by atoms with Crippen molar-refractivity contribution in [2.45, 2.75) is 26.3 Å². The Balaban J connectivity index is 2.08. The molecule has 86 valence electrons. The first-order valence-corrected chi connectivity index (χ1v) is 6.57. The van der Waals surface area contributed by atoms with Crippen molar-refractivity contribution in [1.29, 1.82) is 0 Å². The van der Waals surface area contributed by atoms with Crippen LogP contribution in [0.1, 0.15) is 24.7 Å². The van der Waals surface area contributed by atoms with Crippen LogP contribution < -0.4 is 5.43 Å². The highest BCUT2D eigenvalue weighted by molar-refractivity contribution is 7.71. The topological polar surface area (TPSA) is 45.6 Å². The summed E-state index contributed by atoms with van der Waals surface area (Å²) < 4.78 is 2.48. The zero-order valence-electron chi connectivity index (χ0n) is 9.06. The van der Waals surface area contributed by atoms with E-state index in [0.29, 0.717) is 4.77 Å². The van der Waals surface area contributed by atoms with Crippen molar-refractivity contribution in [2.75, 3.05) is 5.43 Å². The normalized spacial score (nSPS) is 10.6. The molecule has 2 N–H and O–H groups in total. The predicted molar refractivity (Wildman–Crippen MR) is 68.8 cm³/mol. The van der Waals surface area contributed by atoms with Gasteiger partial charge in [0.05, 0.1) is 6.54 Å². The molecule has 0 aliphatic carbocycles. The van der Waals surface area contributed by atoms with E-state index < -0.39 is 0 Å². The molecular weight excluding hydrogens is 240 g/mol. The Hall–Kier alpha value is -1.14. The van der Waals surface area contributed by atoms with Crippen LogP contribution >= 0.6 is 23.6 Å². The summed E-state index contributed by atoms with van der Waals surface area (Å²) in [5, 5.41) is 11.2. The maximum Gasteiger partial charge on any atom is 0.214 e. The second-order valence-corrected chi connectivity index (χ2v) is 4.66. The third-order valence-electron chi connectivity index (χ3n) is 2.24. The van der Waals surface area contributed by atoms with E-state index in [4.69, 9.17) is 12.2 Å². The van der Waals surface area contributed by atoms with Crippen LogP contribution in [0.3, 0.4) is 0 Å². The summed E-state index contributed by atoms with van der Waals surface area (Å²) in [6.07, 6.45) is 1.98. The molecule has 0 spiro atoms. The number of nitrogens with zero attached hydrogens (tertiary/aromatic N) is 2. The minimum absolute atomic E-state index is 0.624. The highest BCUT2D eigenvalue weighted by atomic mass is 32.1. The van der Waals surface area contributed by atoms with Crippen molar-refractivity contribution in [3.63, 3.8) is 0 Å².